The average molecular weight is 296 g/mol. The van der Waals surface area contributed by atoms with Gasteiger partial charge in [-0.1, -0.05) is 30.3 Å². The first-order valence-corrected chi connectivity index (χ1v) is 7.01. The highest BCUT2D eigenvalue weighted by molar-refractivity contribution is 6.01. The van der Waals surface area contributed by atoms with Crippen LogP contribution < -0.4 is 10.2 Å². The molecule has 0 spiro atoms. The molecule has 1 aromatic heterocycles. The van der Waals surface area contributed by atoms with E-state index in [-0.39, 0.29) is 5.84 Å². The Kier molecular flexibility index (Phi) is 4.07. The third-order valence-electron chi connectivity index (χ3n) is 3.14. The summed E-state index contributed by atoms with van der Waals surface area (Å²) in [5, 5.41) is 10.3. The monoisotopic (exact) mass is 296 g/mol. The van der Waals surface area contributed by atoms with Gasteiger partial charge >= 0.3 is 0 Å². The Labute approximate surface area is 127 Å². The van der Waals surface area contributed by atoms with Gasteiger partial charge < -0.3 is 9.15 Å². The maximum absolute atomic E-state index is 9.37. The van der Waals surface area contributed by atoms with Crippen molar-refractivity contribution in [2.75, 3.05) is 6.61 Å². The van der Waals surface area contributed by atoms with E-state index in [9.17, 15) is 5.21 Å². The van der Waals surface area contributed by atoms with E-state index in [4.69, 9.17) is 9.15 Å². The van der Waals surface area contributed by atoms with Gasteiger partial charge in [0.05, 0.1) is 12.3 Å². The molecule has 0 unspecified atom stereocenters. The van der Waals surface area contributed by atoms with E-state index in [0.29, 0.717) is 29.4 Å². The predicted molar refractivity (Wildman–Crippen MR) is 84.9 cm³/mol. The highest BCUT2D eigenvalue weighted by atomic mass is 16.5. The number of amidine groups is 1. The maximum Gasteiger partial charge on any atom is 0.193 e. The molecule has 3 aromatic rings. The number of nitrogens with one attached hydrogen (secondary N) is 1. The number of para-hydroxylation sites is 2. The first-order chi connectivity index (χ1) is 10.8. The van der Waals surface area contributed by atoms with Crippen molar-refractivity contribution in [3.05, 3.63) is 60.4 Å². The summed E-state index contributed by atoms with van der Waals surface area (Å²) in [6.07, 6.45) is 0. The van der Waals surface area contributed by atoms with Gasteiger partial charge in [-0.2, -0.15) is 0 Å². The lowest BCUT2D eigenvalue weighted by atomic mass is 10.2. The van der Waals surface area contributed by atoms with E-state index in [0.717, 1.165) is 5.39 Å². The fourth-order valence-corrected chi connectivity index (χ4v) is 2.19. The molecule has 0 amide bonds. The van der Waals surface area contributed by atoms with Crippen molar-refractivity contribution < 1.29 is 14.4 Å². The normalized spacial score (nSPS) is 11.6. The number of aliphatic imine (C=N–C) groups is 1. The number of benzene rings is 2. The second-order valence-corrected chi connectivity index (χ2v) is 4.63. The van der Waals surface area contributed by atoms with Gasteiger partial charge in [-0.15, -0.1) is 0 Å². The standard InChI is InChI=1S/C17H16N2O3/c1-2-21-14-10-6-7-12-11-15(22-16(12)14)17(19-20)18-13-8-4-3-5-9-13/h3-11,20H,2H2,1H3,(H,18,19). The van der Waals surface area contributed by atoms with Crippen LogP contribution in [0.15, 0.2) is 64.0 Å². The van der Waals surface area contributed by atoms with Crippen molar-refractivity contribution in [3.63, 3.8) is 0 Å². The van der Waals surface area contributed by atoms with Gasteiger partial charge in [-0.3, -0.25) is 5.21 Å². The van der Waals surface area contributed by atoms with Gasteiger partial charge in [0, 0.05) is 5.39 Å². The Balaban J connectivity index is 2.04. The number of nitrogens with zero attached hydrogens (tertiary/aromatic N) is 1. The smallest absolute Gasteiger partial charge is 0.193 e. The summed E-state index contributed by atoms with van der Waals surface area (Å²) in [5.74, 6) is 1.35. The molecule has 0 saturated heterocycles. The van der Waals surface area contributed by atoms with E-state index >= 15 is 0 Å². The molecule has 0 fully saturated rings. The van der Waals surface area contributed by atoms with Crippen LogP contribution >= 0.6 is 0 Å². The summed E-state index contributed by atoms with van der Waals surface area (Å²) in [6, 6.07) is 16.8. The molecule has 0 aliphatic rings. The summed E-state index contributed by atoms with van der Waals surface area (Å²) >= 11 is 0. The van der Waals surface area contributed by atoms with Gasteiger partial charge in [0.25, 0.3) is 0 Å². The van der Waals surface area contributed by atoms with Gasteiger partial charge in [0.2, 0.25) is 0 Å². The van der Waals surface area contributed by atoms with Crippen LogP contribution in [0, 0.1) is 0 Å². The maximum atomic E-state index is 9.37. The first-order valence-electron chi connectivity index (χ1n) is 7.01. The minimum absolute atomic E-state index is 0.241. The van der Waals surface area contributed by atoms with Crippen molar-refractivity contribution in [2.24, 2.45) is 4.99 Å². The van der Waals surface area contributed by atoms with Crippen molar-refractivity contribution in [2.45, 2.75) is 6.92 Å². The first kappa shape index (κ1) is 14.2. The summed E-state index contributed by atoms with van der Waals surface area (Å²) in [7, 11) is 0. The van der Waals surface area contributed by atoms with Crippen molar-refractivity contribution >= 4 is 22.5 Å². The summed E-state index contributed by atoms with van der Waals surface area (Å²) in [4.78, 5) is 4.34. The highest BCUT2D eigenvalue weighted by Crippen LogP contribution is 2.29. The zero-order valence-electron chi connectivity index (χ0n) is 12.1. The van der Waals surface area contributed by atoms with Crippen LogP contribution in [-0.4, -0.2) is 17.6 Å². The lowest BCUT2D eigenvalue weighted by Crippen LogP contribution is -2.19. The van der Waals surface area contributed by atoms with E-state index < -0.39 is 0 Å². The number of furan rings is 1. The predicted octanol–water partition coefficient (Wildman–Crippen LogP) is 3.89. The van der Waals surface area contributed by atoms with Crippen LogP contribution in [0.5, 0.6) is 5.75 Å². The van der Waals surface area contributed by atoms with Crippen molar-refractivity contribution in [1.82, 2.24) is 5.48 Å². The second-order valence-electron chi connectivity index (χ2n) is 4.63. The second kappa shape index (κ2) is 6.32. The molecule has 1 heterocycles. The average Bonchev–Trinajstić information content (AvgIpc) is 2.99. The minimum atomic E-state index is 0.241. The fraction of sp³-hybridized carbons (Fsp3) is 0.118. The molecular weight excluding hydrogens is 280 g/mol. The van der Waals surface area contributed by atoms with Gasteiger partial charge in [0.1, 0.15) is 0 Å². The molecule has 5 nitrogen and oxygen atoms in total. The Morgan fingerprint density at radius 1 is 1.18 bits per heavy atom. The number of fused-ring (bicyclic) bond motifs is 1. The van der Waals surface area contributed by atoms with Crippen molar-refractivity contribution in [1.29, 1.82) is 0 Å². The molecule has 0 saturated carbocycles. The molecule has 2 aromatic carbocycles. The van der Waals surface area contributed by atoms with E-state index in [1.807, 2.05) is 61.5 Å². The minimum Gasteiger partial charge on any atom is -0.490 e. The van der Waals surface area contributed by atoms with Gasteiger partial charge in [0.15, 0.2) is 22.9 Å². The van der Waals surface area contributed by atoms with Crippen LogP contribution in [-0.2, 0) is 0 Å². The molecule has 0 radical (unpaired) electrons. The van der Waals surface area contributed by atoms with E-state index in [1.165, 1.54) is 0 Å². The fourth-order valence-electron chi connectivity index (χ4n) is 2.19. The van der Waals surface area contributed by atoms with Crippen LogP contribution in [0.2, 0.25) is 0 Å². The Hall–Kier alpha value is -2.79. The molecule has 22 heavy (non-hydrogen) atoms. The summed E-state index contributed by atoms with van der Waals surface area (Å²) in [6.45, 7) is 2.47. The zero-order chi connectivity index (χ0) is 15.4. The zero-order valence-corrected chi connectivity index (χ0v) is 12.1. The largest absolute Gasteiger partial charge is 0.490 e. The van der Waals surface area contributed by atoms with Crippen LogP contribution in [0.3, 0.4) is 0 Å². The molecule has 0 aliphatic heterocycles. The topological polar surface area (TPSA) is 67.0 Å². The highest BCUT2D eigenvalue weighted by Gasteiger charge is 2.13. The molecule has 0 bridgehead atoms. The van der Waals surface area contributed by atoms with Crippen LogP contribution in [0.1, 0.15) is 12.7 Å². The quantitative estimate of drug-likeness (QED) is 0.435. The third-order valence-corrected chi connectivity index (χ3v) is 3.14. The third kappa shape index (κ3) is 2.80. The molecule has 3 rings (SSSR count). The molecule has 2 N–H and O–H groups in total. The SMILES string of the molecule is CCOc1cccc2cc(C(=Nc3ccccc3)NO)oc12. The lowest BCUT2D eigenvalue weighted by Gasteiger charge is -2.03. The van der Waals surface area contributed by atoms with Gasteiger partial charge in [-0.25, -0.2) is 10.5 Å². The number of hydroxylamine groups is 1. The van der Waals surface area contributed by atoms with Crippen molar-refractivity contribution in [3.8, 4) is 5.75 Å². The Morgan fingerprint density at radius 3 is 2.73 bits per heavy atom. The van der Waals surface area contributed by atoms with Gasteiger partial charge in [-0.05, 0) is 31.2 Å². The summed E-state index contributed by atoms with van der Waals surface area (Å²) < 4.78 is 11.3. The van der Waals surface area contributed by atoms with E-state index in [2.05, 4.69) is 10.5 Å². The molecular formula is C17H16N2O3. The number of ether oxygens (including phenoxy) is 1. The lowest BCUT2D eigenvalue weighted by molar-refractivity contribution is 0.233. The van der Waals surface area contributed by atoms with E-state index in [1.54, 1.807) is 0 Å². The Bertz CT molecular complexity index is 794. The summed E-state index contributed by atoms with van der Waals surface area (Å²) in [5.41, 5.74) is 3.44. The van der Waals surface area contributed by atoms with Crippen LogP contribution in [0.25, 0.3) is 11.0 Å². The van der Waals surface area contributed by atoms with Crippen LogP contribution in [0.4, 0.5) is 5.69 Å². The number of rotatable bonds is 4. The molecule has 112 valence electrons. The number of hydrogen-bond donors (Lipinski definition) is 2. The molecule has 5 heteroatoms. The Morgan fingerprint density at radius 2 is 2.00 bits per heavy atom. The molecule has 0 aliphatic carbocycles. The number of hydrogen-bond acceptors (Lipinski definition) is 4. The molecule has 0 atom stereocenters.